The van der Waals surface area contributed by atoms with Gasteiger partial charge in [-0.3, -0.25) is 15.0 Å². The molecule has 5 nitrogen and oxygen atoms in total. The Bertz CT molecular complexity index is 472. The van der Waals surface area contributed by atoms with Crippen LogP contribution >= 0.6 is 11.3 Å². The molecule has 0 unspecified atom stereocenters. The molecule has 0 amide bonds. The summed E-state index contributed by atoms with van der Waals surface area (Å²) in [5.41, 5.74) is 0. The number of piperazine rings is 1. The van der Waals surface area contributed by atoms with Crippen LogP contribution in [0.25, 0.3) is 0 Å². The van der Waals surface area contributed by atoms with E-state index in [1.807, 2.05) is 0 Å². The lowest BCUT2D eigenvalue weighted by atomic mass is 10.1. The lowest BCUT2D eigenvalue weighted by Crippen LogP contribution is -2.45. The highest BCUT2D eigenvalue weighted by Gasteiger charge is 2.37. The van der Waals surface area contributed by atoms with Gasteiger partial charge in [0.25, 0.3) is 0 Å². The summed E-state index contributed by atoms with van der Waals surface area (Å²) in [6.45, 7) is 2.27. The maximum Gasteiger partial charge on any atom is 0.390 e. The van der Waals surface area contributed by atoms with Gasteiger partial charge in [0.2, 0.25) is 0 Å². The molecule has 9 heteroatoms. The Hall–Kier alpha value is -1.19. The average Bonchev–Trinajstić information content (AvgIpc) is 2.85. The van der Waals surface area contributed by atoms with E-state index in [2.05, 4.69) is 5.32 Å². The van der Waals surface area contributed by atoms with Gasteiger partial charge < -0.3 is 5.32 Å². The standard InChI is InChI=1S/C11H14F3N3O2S/c12-11(13,14)7-8(16-5-3-15-4-6-16)9-1-2-10(20-9)17(18)19/h1-2,8,15H,3-7H2/t8-/m1/s1. The average molecular weight is 309 g/mol. The number of nitrogens with one attached hydrogen (secondary N) is 1. The number of hydrogen-bond acceptors (Lipinski definition) is 5. The second-order valence-corrected chi connectivity index (χ2v) is 5.65. The molecule has 0 aromatic carbocycles. The molecule has 112 valence electrons. The van der Waals surface area contributed by atoms with Crippen LogP contribution in [0.5, 0.6) is 0 Å². The van der Waals surface area contributed by atoms with Crippen molar-refractivity contribution in [2.75, 3.05) is 26.2 Å². The molecule has 0 bridgehead atoms. The summed E-state index contributed by atoms with van der Waals surface area (Å²) < 4.78 is 38.2. The third-order valence-corrected chi connectivity index (χ3v) is 4.28. The Morgan fingerprint density at radius 3 is 2.55 bits per heavy atom. The zero-order chi connectivity index (χ0) is 14.8. The summed E-state index contributed by atoms with van der Waals surface area (Å²) in [7, 11) is 0. The molecule has 1 N–H and O–H groups in total. The number of nitro groups is 1. The molecule has 1 saturated heterocycles. The highest BCUT2D eigenvalue weighted by molar-refractivity contribution is 7.15. The minimum absolute atomic E-state index is 0.123. The molecule has 1 atom stereocenters. The van der Waals surface area contributed by atoms with Crippen LogP contribution in [0.4, 0.5) is 18.2 Å². The van der Waals surface area contributed by atoms with Crippen molar-refractivity contribution in [2.24, 2.45) is 0 Å². The number of hydrogen-bond donors (Lipinski definition) is 1. The van der Waals surface area contributed by atoms with Crippen molar-refractivity contribution in [2.45, 2.75) is 18.6 Å². The topological polar surface area (TPSA) is 58.4 Å². The van der Waals surface area contributed by atoms with Crippen LogP contribution in [-0.4, -0.2) is 42.2 Å². The SMILES string of the molecule is O=[N+]([O-])c1ccc([C@@H](CC(F)(F)F)N2CCNCC2)s1. The highest BCUT2D eigenvalue weighted by atomic mass is 32.1. The molecule has 1 fully saturated rings. The summed E-state index contributed by atoms with van der Waals surface area (Å²) in [4.78, 5) is 12.2. The van der Waals surface area contributed by atoms with Crippen molar-refractivity contribution in [1.82, 2.24) is 10.2 Å². The Morgan fingerprint density at radius 2 is 2.05 bits per heavy atom. The first-order valence-electron chi connectivity index (χ1n) is 6.12. The van der Waals surface area contributed by atoms with Crippen LogP contribution in [0.2, 0.25) is 0 Å². The largest absolute Gasteiger partial charge is 0.390 e. The smallest absolute Gasteiger partial charge is 0.314 e. The fourth-order valence-electron chi connectivity index (χ4n) is 2.24. The monoisotopic (exact) mass is 309 g/mol. The Morgan fingerprint density at radius 1 is 1.40 bits per heavy atom. The lowest BCUT2D eigenvalue weighted by molar-refractivity contribution is -0.380. The molecule has 0 spiro atoms. The normalized spacial score (nSPS) is 18.9. The molecular weight excluding hydrogens is 295 g/mol. The molecule has 0 aliphatic carbocycles. The molecule has 1 aliphatic rings. The van der Waals surface area contributed by atoms with Crippen LogP contribution in [-0.2, 0) is 0 Å². The van der Waals surface area contributed by atoms with Gasteiger partial charge in [0.05, 0.1) is 17.4 Å². The van der Waals surface area contributed by atoms with E-state index < -0.39 is 23.6 Å². The van der Waals surface area contributed by atoms with E-state index in [0.29, 0.717) is 31.1 Å². The molecule has 2 heterocycles. The summed E-state index contributed by atoms with van der Waals surface area (Å²) >= 11 is 0.822. The van der Waals surface area contributed by atoms with Gasteiger partial charge in [-0.1, -0.05) is 11.3 Å². The highest BCUT2D eigenvalue weighted by Crippen LogP contribution is 2.38. The van der Waals surface area contributed by atoms with Gasteiger partial charge in [0.1, 0.15) is 0 Å². The van der Waals surface area contributed by atoms with E-state index >= 15 is 0 Å². The van der Waals surface area contributed by atoms with E-state index in [1.165, 1.54) is 12.1 Å². The Labute approximate surface area is 117 Å². The lowest BCUT2D eigenvalue weighted by Gasteiger charge is -2.34. The fraction of sp³-hybridized carbons (Fsp3) is 0.636. The van der Waals surface area contributed by atoms with Crippen molar-refractivity contribution >= 4 is 16.3 Å². The number of halogens is 3. The molecule has 0 radical (unpaired) electrons. The summed E-state index contributed by atoms with van der Waals surface area (Å²) in [5, 5.41) is 13.6. The Kier molecular flexibility index (Phi) is 4.61. The third kappa shape index (κ3) is 3.90. The first-order chi connectivity index (χ1) is 9.37. The predicted octanol–water partition coefficient (Wildman–Crippen LogP) is 2.56. The van der Waals surface area contributed by atoms with Crippen LogP contribution in [0.3, 0.4) is 0 Å². The van der Waals surface area contributed by atoms with Crippen molar-refractivity contribution in [1.29, 1.82) is 0 Å². The van der Waals surface area contributed by atoms with E-state index in [0.717, 1.165) is 11.3 Å². The number of alkyl halides is 3. The maximum atomic E-state index is 12.7. The first-order valence-corrected chi connectivity index (χ1v) is 6.94. The second-order valence-electron chi connectivity index (χ2n) is 4.55. The van der Waals surface area contributed by atoms with E-state index in [1.54, 1.807) is 4.90 Å². The minimum Gasteiger partial charge on any atom is -0.314 e. The van der Waals surface area contributed by atoms with Gasteiger partial charge >= 0.3 is 11.2 Å². The minimum atomic E-state index is -4.30. The Balaban J connectivity index is 2.21. The van der Waals surface area contributed by atoms with Crippen LogP contribution < -0.4 is 5.32 Å². The summed E-state index contributed by atoms with van der Waals surface area (Å²) in [6.07, 6.45) is -5.28. The molecule has 0 saturated carbocycles. The molecule has 1 aromatic rings. The van der Waals surface area contributed by atoms with E-state index in [4.69, 9.17) is 0 Å². The fourth-order valence-corrected chi connectivity index (χ4v) is 3.20. The molecule has 1 aliphatic heterocycles. The number of thiophene rings is 1. The number of nitrogens with zero attached hydrogens (tertiary/aromatic N) is 2. The van der Waals surface area contributed by atoms with Gasteiger partial charge in [-0.2, -0.15) is 13.2 Å². The van der Waals surface area contributed by atoms with Crippen molar-refractivity contribution in [3.63, 3.8) is 0 Å². The van der Waals surface area contributed by atoms with Crippen LogP contribution in [0.1, 0.15) is 17.3 Å². The summed E-state index contributed by atoms with van der Waals surface area (Å²) in [5.74, 6) is 0. The van der Waals surface area contributed by atoms with Gasteiger partial charge in [-0.15, -0.1) is 0 Å². The van der Waals surface area contributed by atoms with Crippen molar-refractivity contribution in [3.05, 3.63) is 27.1 Å². The molecular formula is C11H14F3N3O2S. The maximum absolute atomic E-state index is 12.7. The van der Waals surface area contributed by atoms with Crippen LogP contribution in [0.15, 0.2) is 12.1 Å². The van der Waals surface area contributed by atoms with Crippen molar-refractivity contribution in [3.8, 4) is 0 Å². The molecule has 2 rings (SSSR count). The van der Waals surface area contributed by atoms with Gasteiger partial charge in [0.15, 0.2) is 0 Å². The van der Waals surface area contributed by atoms with E-state index in [9.17, 15) is 23.3 Å². The van der Waals surface area contributed by atoms with Crippen LogP contribution in [0, 0.1) is 10.1 Å². The van der Waals surface area contributed by atoms with Gasteiger partial charge in [-0.05, 0) is 6.07 Å². The second kappa shape index (κ2) is 6.06. The zero-order valence-electron chi connectivity index (χ0n) is 10.5. The first kappa shape index (κ1) is 15.2. The quantitative estimate of drug-likeness (QED) is 0.686. The molecule has 20 heavy (non-hydrogen) atoms. The zero-order valence-corrected chi connectivity index (χ0v) is 11.3. The number of rotatable bonds is 4. The molecule has 1 aromatic heterocycles. The predicted molar refractivity (Wildman–Crippen MR) is 68.8 cm³/mol. The summed E-state index contributed by atoms with van der Waals surface area (Å²) in [6, 6.07) is 1.86. The third-order valence-electron chi connectivity index (χ3n) is 3.14. The van der Waals surface area contributed by atoms with Gasteiger partial charge in [-0.25, -0.2) is 0 Å². The van der Waals surface area contributed by atoms with Crippen molar-refractivity contribution < 1.29 is 18.1 Å². The van der Waals surface area contributed by atoms with Gasteiger partial charge in [0, 0.05) is 37.1 Å². The van der Waals surface area contributed by atoms with E-state index in [-0.39, 0.29) is 5.00 Å².